The fraction of sp³-hybridized carbons (Fsp3) is 0.323. The molecule has 6 nitrogen and oxygen atoms in total. The van der Waals surface area contributed by atoms with Gasteiger partial charge in [0.15, 0.2) is 0 Å². The second-order valence-electron chi connectivity index (χ2n) is 9.99. The molecular weight excluding hydrogens is 458 g/mol. The van der Waals surface area contributed by atoms with E-state index >= 15 is 0 Å². The molecule has 0 aliphatic carbocycles. The van der Waals surface area contributed by atoms with E-state index < -0.39 is 0 Å². The number of rotatable bonds is 7. The molecule has 1 aliphatic heterocycles. The summed E-state index contributed by atoms with van der Waals surface area (Å²) in [5.41, 5.74) is 3.42. The van der Waals surface area contributed by atoms with E-state index in [2.05, 4.69) is 59.1 Å². The Morgan fingerprint density at radius 3 is 2.46 bits per heavy atom. The van der Waals surface area contributed by atoms with Gasteiger partial charge in [0.05, 0.1) is 29.2 Å². The third kappa shape index (κ3) is 4.63. The van der Waals surface area contributed by atoms with E-state index in [1.165, 1.54) is 5.56 Å². The summed E-state index contributed by atoms with van der Waals surface area (Å²) in [5, 5.41) is 11.3. The molecule has 2 atom stereocenters. The number of H-pyrrole nitrogens is 1. The number of imidazole rings is 1. The van der Waals surface area contributed by atoms with Crippen molar-refractivity contribution in [1.82, 2.24) is 19.8 Å². The summed E-state index contributed by atoms with van der Waals surface area (Å²) in [5.74, 6) is 0.433. The van der Waals surface area contributed by atoms with E-state index in [-0.39, 0.29) is 11.4 Å². The van der Waals surface area contributed by atoms with Crippen molar-refractivity contribution in [2.75, 3.05) is 26.2 Å². The molecule has 1 N–H and O–H groups in total. The van der Waals surface area contributed by atoms with Gasteiger partial charge in [0.1, 0.15) is 0 Å². The maximum atomic E-state index is 13.6. The molecule has 1 aromatic heterocycles. The van der Waals surface area contributed by atoms with Crippen molar-refractivity contribution >= 4 is 16.7 Å². The van der Waals surface area contributed by atoms with Gasteiger partial charge in [0.2, 0.25) is 0 Å². The zero-order valence-corrected chi connectivity index (χ0v) is 21.5. The molecule has 4 aromatic rings. The van der Waals surface area contributed by atoms with Gasteiger partial charge in [-0.15, -0.1) is 0 Å². The average molecular weight is 492 g/mol. The summed E-state index contributed by atoms with van der Waals surface area (Å²) in [6.07, 6.45) is 5.51. The van der Waals surface area contributed by atoms with Crippen LogP contribution in [-0.2, 0) is 12.0 Å². The molecule has 5 rings (SSSR count). The molecule has 1 aliphatic rings. The number of nitrogens with zero attached hydrogens (tertiary/aromatic N) is 4. The molecule has 37 heavy (non-hydrogen) atoms. The molecule has 2 heterocycles. The zero-order chi connectivity index (χ0) is 25.8. The van der Waals surface area contributed by atoms with Crippen LogP contribution in [0, 0.1) is 17.2 Å². The van der Waals surface area contributed by atoms with Gasteiger partial charge in [0.25, 0.3) is 5.91 Å². The predicted octanol–water partition coefficient (Wildman–Crippen LogP) is 5.38. The van der Waals surface area contributed by atoms with Gasteiger partial charge < -0.3 is 9.88 Å². The van der Waals surface area contributed by atoms with Gasteiger partial charge in [-0.25, -0.2) is 4.98 Å². The molecule has 1 unspecified atom stereocenters. The number of hydrogen-bond acceptors (Lipinski definition) is 4. The summed E-state index contributed by atoms with van der Waals surface area (Å²) in [7, 11) is 0. The number of benzene rings is 3. The molecule has 1 amide bonds. The topological polar surface area (TPSA) is 76.0 Å². The summed E-state index contributed by atoms with van der Waals surface area (Å²) >= 11 is 0. The van der Waals surface area contributed by atoms with Crippen molar-refractivity contribution in [2.45, 2.75) is 32.2 Å². The average Bonchev–Trinajstić information content (AvgIpc) is 3.51. The van der Waals surface area contributed by atoms with Gasteiger partial charge in [-0.1, -0.05) is 68.8 Å². The highest BCUT2D eigenvalue weighted by molar-refractivity contribution is 6.07. The SMILES string of the molecule is CC[C@H](C)C(Cc1ccc(C#N)cc1)(c1cnc[nH]1)N1CCN(C(=O)c2cccc3ccccc23)CC1. The van der Waals surface area contributed by atoms with Gasteiger partial charge in [-0.05, 0) is 46.9 Å². The highest BCUT2D eigenvalue weighted by Gasteiger charge is 2.45. The summed E-state index contributed by atoms with van der Waals surface area (Å²) in [6.45, 7) is 7.42. The highest BCUT2D eigenvalue weighted by Crippen LogP contribution is 2.41. The zero-order valence-electron chi connectivity index (χ0n) is 21.5. The van der Waals surface area contributed by atoms with Crippen LogP contribution in [0.4, 0.5) is 0 Å². The first-order chi connectivity index (χ1) is 18.1. The Morgan fingerprint density at radius 2 is 1.78 bits per heavy atom. The van der Waals surface area contributed by atoms with Crippen LogP contribution in [0.1, 0.15) is 47.4 Å². The van der Waals surface area contributed by atoms with E-state index in [1.807, 2.05) is 53.6 Å². The van der Waals surface area contributed by atoms with Gasteiger partial charge >= 0.3 is 0 Å². The van der Waals surface area contributed by atoms with Crippen LogP contribution in [0.5, 0.6) is 0 Å². The smallest absolute Gasteiger partial charge is 0.254 e. The predicted molar refractivity (Wildman–Crippen MR) is 146 cm³/mol. The van der Waals surface area contributed by atoms with Crippen molar-refractivity contribution in [1.29, 1.82) is 5.26 Å². The first-order valence-corrected chi connectivity index (χ1v) is 13.1. The maximum absolute atomic E-state index is 13.6. The minimum Gasteiger partial charge on any atom is -0.347 e. The monoisotopic (exact) mass is 491 g/mol. The fourth-order valence-electron chi connectivity index (χ4n) is 5.86. The lowest BCUT2D eigenvalue weighted by molar-refractivity contribution is -0.00769. The number of nitrogens with one attached hydrogen (secondary N) is 1. The Bertz CT molecular complexity index is 1390. The van der Waals surface area contributed by atoms with Crippen molar-refractivity contribution in [3.8, 4) is 6.07 Å². The Kier molecular flexibility index (Phi) is 7.07. The number of carbonyl (C=O) groups excluding carboxylic acids is 1. The number of fused-ring (bicyclic) bond motifs is 1. The summed E-state index contributed by atoms with van der Waals surface area (Å²) in [6, 6.07) is 24.2. The lowest BCUT2D eigenvalue weighted by Gasteiger charge is -2.50. The van der Waals surface area contributed by atoms with Gasteiger partial charge in [-0.3, -0.25) is 9.69 Å². The van der Waals surface area contributed by atoms with E-state index in [9.17, 15) is 10.1 Å². The minimum absolute atomic E-state index is 0.0965. The molecular formula is C31H33N5O. The maximum Gasteiger partial charge on any atom is 0.254 e. The molecule has 0 bridgehead atoms. The van der Waals surface area contributed by atoms with Crippen molar-refractivity contribution in [3.05, 3.63) is 102 Å². The highest BCUT2D eigenvalue weighted by atomic mass is 16.2. The lowest BCUT2D eigenvalue weighted by atomic mass is 9.74. The van der Waals surface area contributed by atoms with Crippen LogP contribution in [0.25, 0.3) is 10.8 Å². The van der Waals surface area contributed by atoms with Gasteiger partial charge in [-0.2, -0.15) is 5.26 Å². The standard InChI is InChI=1S/C31H33N5O/c1-3-23(2)31(29-21-33-22-34-29,19-24-11-13-25(20-32)14-12-24)36-17-15-35(16-18-36)30(37)28-10-6-8-26-7-4-5-9-27(26)28/h4-14,21-23H,3,15-19H2,1-2H3,(H,33,34)/t23-,31?/m0/s1. The van der Waals surface area contributed by atoms with Crippen LogP contribution in [-0.4, -0.2) is 51.9 Å². The number of aromatic amines is 1. The minimum atomic E-state index is -0.298. The normalized spacial score (nSPS) is 16.7. The third-order valence-corrected chi connectivity index (χ3v) is 8.10. The van der Waals surface area contributed by atoms with E-state index in [4.69, 9.17) is 0 Å². The quantitative estimate of drug-likeness (QED) is 0.377. The van der Waals surface area contributed by atoms with E-state index in [0.717, 1.165) is 48.0 Å². The van der Waals surface area contributed by atoms with Crippen molar-refractivity contribution < 1.29 is 4.79 Å². The third-order valence-electron chi connectivity index (χ3n) is 8.10. The lowest BCUT2D eigenvalue weighted by Crippen LogP contribution is -2.59. The first kappa shape index (κ1) is 24.7. The van der Waals surface area contributed by atoms with Crippen molar-refractivity contribution in [3.63, 3.8) is 0 Å². The number of piperazine rings is 1. The summed E-state index contributed by atoms with van der Waals surface area (Å²) < 4.78 is 0. The molecule has 0 spiro atoms. The molecule has 1 fully saturated rings. The molecule has 0 radical (unpaired) electrons. The number of aromatic nitrogens is 2. The van der Waals surface area contributed by atoms with Crippen molar-refractivity contribution in [2.24, 2.45) is 5.92 Å². The number of amides is 1. The Hall–Kier alpha value is -3.95. The molecule has 6 heteroatoms. The summed E-state index contributed by atoms with van der Waals surface area (Å²) in [4.78, 5) is 26.0. The molecule has 0 saturated carbocycles. The second-order valence-corrected chi connectivity index (χ2v) is 9.99. The first-order valence-electron chi connectivity index (χ1n) is 13.1. The number of nitriles is 1. The fourth-order valence-corrected chi connectivity index (χ4v) is 5.86. The Labute approximate surface area is 218 Å². The van der Waals surface area contributed by atoms with Crippen LogP contribution in [0.3, 0.4) is 0 Å². The Balaban J connectivity index is 1.43. The van der Waals surface area contributed by atoms with E-state index in [0.29, 0.717) is 24.6 Å². The second kappa shape index (κ2) is 10.6. The molecule has 3 aromatic carbocycles. The number of carbonyl (C=O) groups is 1. The largest absolute Gasteiger partial charge is 0.347 e. The van der Waals surface area contributed by atoms with Gasteiger partial charge in [0, 0.05) is 37.9 Å². The van der Waals surface area contributed by atoms with E-state index in [1.54, 1.807) is 6.33 Å². The van der Waals surface area contributed by atoms with Crippen LogP contribution in [0.2, 0.25) is 0 Å². The Morgan fingerprint density at radius 1 is 1.05 bits per heavy atom. The molecule has 188 valence electrons. The molecule has 1 saturated heterocycles. The van der Waals surface area contributed by atoms with Crippen LogP contribution >= 0.6 is 0 Å². The number of hydrogen-bond donors (Lipinski definition) is 1. The van der Waals surface area contributed by atoms with Crippen LogP contribution < -0.4 is 0 Å². The van der Waals surface area contributed by atoms with Crippen LogP contribution in [0.15, 0.2) is 79.3 Å².